The summed E-state index contributed by atoms with van der Waals surface area (Å²) in [4.78, 5) is 14.1. The predicted octanol–water partition coefficient (Wildman–Crippen LogP) is 4.03. The minimum atomic E-state index is -0.241. The van der Waals surface area contributed by atoms with Gasteiger partial charge in [-0.2, -0.15) is 0 Å². The van der Waals surface area contributed by atoms with E-state index in [0.717, 1.165) is 27.1 Å². The highest BCUT2D eigenvalue weighted by Gasteiger charge is 2.16. The number of hydrogen-bond donors (Lipinski definition) is 0. The van der Waals surface area contributed by atoms with Crippen LogP contribution in [0.1, 0.15) is 18.1 Å². The van der Waals surface area contributed by atoms with Gasteiger partial charge in [-0.15, -0.1) is 0 Å². The summed E-state index contributed by atoms with van der Waals surface area (Å²) in [5.74, 6) is 1.22. The van der Waals surface area contributed by atoms with Crippen LogP contribution in [0.2, 0.25) is 0 Å². The molecule has 5 nitrogen and oxygen atoms in total. The van der Waals surface area contributed by atoms with Crippen LogP contribution in [0.5, 0.6) is 11.5 Å². The monoisotopic (exact) mass is 421 g/mol. The molecule has 6 heteroatoms. The summed E-state index contributed by atoms with van der Waals surface area (Å²) in [6.07, 6.45) is 0. The number of carbonyl (C=O) groups is 1. The molecule has 0 unspecified atom stereocenters. The fourth-order valence-corrected chi connectivity index (χ4v) is 3.12. The quantitative estimate of drug-likeness (QED) is 0.571. The third-order valence-electron chi connectivity index (χ3n) is 3.84. The first kappa shape index (κ1) is 20.3. The van der Waals surface area contributed by atoms with Crippen molar-refractivity contribution in [2.75, 3.05) is 27.4 Å². The zero-order valence-electron chi connectivity index (χ0n) is 15.3. The molecule has 2 rings (SSSR count). The van der Waals surface area contributed by atoms with E-state index in [9.17, 15) is 4.79 Å². The summed E-state index contributed by atoms with van der Waals surface area (Å²) in [6, 6.07) is 13.7. The van der Waals surface area contributed by atoms with Crippen LogP contribution in [0.4, 0.5) is 0 Å². The maximum atomic E-state index is 12.0. The number of carbonyl (C=O) groups excluding carboxylic acids is 1. The van der Waals surface area contributed by atoms with Gasteiger partial charge in [-0.25, -0.2) is 0 Å². The van der Waals surface area contributed by atoms with Gasteiger partial charge >= 0.3 is 5.97 Å². The molecule has 2 aromatic rings. The van der Waals surface area contributed by atoms with E-state index in [2.05, 4.69) is 15.9 Å². The van der Waals surface area contributed by atoms with Crippen LogP contribution in [-0.2, 0) is 22.6 Å². The van der Waals surface area contributed by atoms with Gasteiger partial charge < -0.3 is 14.2 Å². The first-order valence-electron chi connectivity index (χ1n) is 8.39. The van der Waals surface area contributed by atoms with Crippen LogP contribution in [-0.4, -0.2) is 38.2 Å². The van der Waals surface area contributed by atoms with Gasteiger partial charge in [-0.05, 0) is 30.7 Å². The highest BCUT2D eigenvalue weighted by molar-refractivity contribution is 9.10. The van der Waals surface area contributed by atoms with Crippen molar-refractivity contribution >= 4 is 21.9 Å². The summed E-state index contributed by atoms with van der Waals surface area (Å²) in [5, 5.41) is 0. The Morgan fingerprint density at radius 2 is 1.88 bits per heavy atom. The number of rotatable bonds is 9. The maximum Gasteiger partial charge on any atom is 0.320 e. The lowest BCUT2D eigenvalue weighted by molar-refractivity contribution is -0.144. The number of halogens is 1. The van der Waals surface area contributed by atoms with Crippen molar-refractivity contribution in [2.45, 2.75) is 20.0 Å². The highest BCUT2D eigenvalue weighted by atomic mass is 79.9. The first-order valence-corrected chi connectivity index (χ1v) is 9.18. The van der Waals surface area contributed by atoms with Gasteiger partial charge in [0.2, 0.25) is 0 Å². The zero-order valence-corrected chi connectivity index (χ0v) is 16.9. The molecule has 0 saturated carbocycles. The standard InChI is InChI=1S/C20H24BrNO4/c1-4-26-20(23)14-22(12-15-6-5-7-17(21)10-15)13-16-8-9-18(24-2)11-19(16)25-3/h5-11H,4,12-14H2,1-3H3. The Balaban J connectivity index is 2.21. The van der Waals surface area contributed by atoms with E-state index in [1.165, 1.54) is 0 Å². The second kappa shape index (κ2) is 10.2. The molecule has 26 heavy (non-hydrogen) atoms. The van der Waals surface area contributed by atoms with E-state index in [4.69, 9.17) is 14.2 Å². The number of ether oxygens (including phenoxy) is 3. The minimum Gasteiger partial charge on any atom is -0.497 e. The van der Waals surface area contributed by atoms with Gasteiger partial charge in [-0.3, -0.25) is 9.69 Å². The van der Waals surface area contributed by atoms with Crippen LogP contribution in [0.15, 0.2) is 46.9 Å². The summed E-state index contributed by atoms with van der Waals surface area (Å²) in [7, 11) is 3.25. The summed E-state index contributed by atoms with van der Waals surface area (Å²) in [6.45, 7) is 3.56. The lowest BCUT2D eigenvalue weighted by Gasteiger charge is -2.23. The maximum absolute atomic E-state index is 12.0. The van der Waals surface area contributed by atoms with Gasteiger partial charge in [-0.1, -0.05) is 34.1 Å². The van der Waals surface area contributed by atoms with Crippen molar-refractivity contribution in [1.29, 1.82) is 0 Å². The molecular weight excluding hydrogens is 398 g/mol. The molecule has 0 fully saturated rings. The summed E-state index contributed by atoms with van der Waals surface area (Å²) < 4.78 is 16.9. The Bertz CT molecular complexity index is 736. The molecule has 0 N–H and O–H groups in total. The average molecular weight is 422 g/mol. The molecule has 0 atom stereocenters. The van der Waals surface area contributed by atoms with Crippen molar-refractivity contribution in [3.63, 3.8) is 0 Å². The van der Waals surface area contributed by atoms with Gasteiger partial charge in [0.15, 0.2) is 0 Å². The molecule has 0 radical (unpaired) electrons. The SMILES string of the molecule is CCOC(=O)CN(Cc1cccc(Br)c1)Cc1ccc(OC)cc1OC. The van der Waals surface area contributed by atoms with Crippen LogP contribution >= 0.6 is 15.9 Å². The molecule has 0 saturated heterocycles. The molecule has 0 aromatic heterocycles. The van der Waals surface area contributed by atoms with Crippen LogP contribution < -0.4 is 9.47 Å². The van der Waals surface area contributed by atoms with E-state index >= 15 is 0 Å². The van der Waals surface area contributed by atoms with E-state index < -0.39 is 0 Å². The Kier molecular flexibility index (Phi) is 7.94. The molecule has 0 heterocycles. The number of benzene rings is 2. The normalized spacial score (nSPS) is 10.7. The predicted molar refractivity (Wildman–Crippen MR) is 104 cm³/mol. The van der Waals surface area contributed by atoms with Gasteiger partial charge in [0.1, 0.15) is 11.5 Å². The van der Waals surface area contributed by atoms with Crippen molar-refractivity contribution in [3.05, 3.63) is 58.1 Å². The molecule has 0 bridgehead atoms. The fourth-order valence-electron chi connectivity index (χ4n) is 2.67. The molecule has 0 aliphatic heterocycles. The van der Waals surface area contributed by atoms with E-state index in [1.54, 1.807) is 14.2 Å². The molecule has 140 valence electrons. The van der Waals surface area contributed by atoms with Crippen molar-refractivity contribution in [3.8, 4) is 11.5 Å². The molecule has 0 aliphatic rings. The number of methoxy groups -OCH3 is 2. The van der Waals surface area contributed by atoms with Crippen molar-refractivity contribution in [2.24, 2.45) is 0 Å². The summed E-state index contributed by atoms with van der Waals surface area (Å²) in [5.41, 5.74) is 2.09. The lowest BCUT2D eigenvalue weighted by atomic mass is 10.1. The molecule has 2 aromatic carbocycles. The number of hydrogen-bond acceptors (Lipinski definition) is 5. The van der Waals surface area contributed by atoms with E-state index in [-0.39, 0.29) is 12.5 Å². The Hall–Kier alpha value is -2.05. The zero-order chi connectivity index (χ0) is 18.9. The minimum absolute atomic E-state index is 0.204. The van der Waals surface area contributed by atoms with Gasteiger partial charge in [0.25, 0.3) is 0 Å². The fraction of sp³-hybridized carbons (Fsp3) is 0.350. The molecule has 0 amide bonds. The van der Waals surface area contributed by atoms with Crippen LogP contribution in [0.3, 0.4) is 0 Å². The Labute approximate surface area is 163 Å². The Morgan fingerprint density at radius 1 is 1.08 bits per heavy atom. The molecule has 0 aliphatic carbocycles. The van der Waals surface area contributed by atoms with Crippen LogP contribution in [0, 0.1) is 0 Å². The summed E-state index contributed by atoms with van der Waals surface area (Å²) >= 11 is 3.49. The average Bonchev–Trinajstić information content (AvgIpc) is 2.62. The number of esters is 1. The van der Waals surface area contributed by atoms with Crippen molar-refractivity contribution in [1.82, 2.24) is 4.90 Å². The third-order valence-corrected chi connectivity index (χ3v) is 4.33. The van der Waals surface area contributed by atoms with Gasteiger partial charge in [0, 0.05) is 29.2 Å². The topological polar surface area (TPSA) is 48.0 Å². The largest absolute Gasteiger partial charge is 0.497 e. The van der Waals surface area contributed by atoms with Crippen LogP contribution in [0.25, 0.3) is 0 Å². The third kappa shape index (κ3) is 6.04. The highest BCUT2D eigenvalue weighted by Crippen LogP contribution is 2.26. The lowest BCUT2D eigenvalue weighted by Crippen LogP contribution is -2.30. The van der Waals surface area contributed by atoms with Crippen molar-refractivity contribution < 1.29 is 19.0 Å². The number of nitrogens with zero attached hydrogens (tertiary/aromatic N) is 1. The van der Waals surface area contributed by atoms with E-state index in [1.807, 2.05) is 54.3 Å². The van der Waals surface area contributed by atoms with E-state index in [0.29, 0.717) is 19.7 Å². The van der Waals surface area contributed by atoms with Gasteiger partial charge in [0.05, 0.1) is 27.4 Å². The molecular formula is C20H24BrNO4. The Morgan fingerprint density at radius 3 is 2.54 bits per heavy atom. The second-order valence-electron chi connectivity index (χ2n) is 5.76. The smallest absolute Gasteiger partial charge is 0.320 e. The molecule has 0 spiro atoms. The second-order valence-corrected chi connectivity index (χ2v) is 6.67. The first-order chi connectivity index (χ1) is 12.5.